The Bertz CT molecular complexity index is 485. The molecule has 1 aromatic carbocycles. The average Bonchev–Trinajstić information content (AvgIpc) is 2.61. The van der Waals surface area contributed by atoms with E-state index in [9.17, 15) is 9.59 Å². The van der Waals surface area contributed by atoms with Crippen molar-refractivity contribution in [3.8, 4) is 0 Å². The number of carbonyl (C=O) groups excluding carboxylic acids is 2. The smallest absolute Gasteiger partial charge is 0.262 e. The summed E-state index contributed by atoms with van der Waals surface area (Å²) in [6, 6.07) is 6.92. The van der Waals surface area contributed by atoms with E-state index in [1.807, 2.05) is 27.7 Å². The zero-order chi connectivity index (χ0) is 14.2. The summed E-state index contributed by atoms with van der Waals surface area (Å²) in [6.45, 7) is 7.88. The van der Waals surface area contributed by atoms with Gasteiger partial charge in [0.1, 0.15) is 0 Å². The third kappa shape index (κ3) is 2.40. The Morgan fingerprint density at radius 2 is 1.58 bits per heavy atom. The molecule has 0 bridgehead atoms. The Morgan fingerprint density at radius 3 is 2.00 bits per heavy atom. The van der Waals surface area contributed by atoms with Crippen LogP contribution in [-0.4, -0.2) is 35.0 Å². The van der Waals surface area contributed by atoms with Crippen LogP contribution >= 0.6 is 0 Å². The molecule has 1 heterocycles. The minimum Gasteiger partial charge on any atom is -0.376 e. The Kier molecular flexibility index (Phi) is 3.45. The number of imide groups is 1. The van der Waals surface area contributed by atoms with Gasteiger partial charge in [0.05, 0.1) is 29.4 Å². The number of carbonyl (C=O) groups is 2. The Morgan fingerprint density at radius 1 is 1.11 bits per heavy atom. The Balaban J connectivity index is 2.28. The number of ether oxygens (including phenoxy) is 1. The van der Waals surface area contributed by atoms with Crippen molar-refractivity contribution < 1.29 is 14.3 Å². The van der Waals surface area contributed by atoms with Crippen LogP contribution in [0.2, 0.25) is 0 Å². The van der Waals surface area contributed by atoms with Crippen LogP contribution in [0.15, 0.2) is 24.3 Å². The number of hydrogen-bond acceptors (Lipinski definition) is 3. The Labute approximate surface area is 113 Å². The lowest BCUT2D eigenvalue weighted by molar-refractivity contribution is -0.00264. The summed E-state index contributed by atoms with van der Waals surface area (Å²) in [6.07, 6.45) is 0.0643. The molecule has 0 aliphatic carbocycles. The zero-order valence-electron chi connectivity index (χ0n) is 11.8. The van der Waals surface area contributed by atoms with E-state index in [1.165, 1.54) is 4.90 Å². The highest BCUT2D eigenvalue weighted by atomic mass is 16.5. The van der Waals surface area contributed by atoms with Crippen molar-refractivity contribution >= 4 is 11.8 Å². The maximum absolute atomic E-state index is 12.3. The number of fused-ring (bicyclic) bond motifs is 1. The highest BCUT2D eigenvalue weighted by molar-refractivity contribution is 6.21. The summed E-state index contributed by atoms with van der Waals surface area (Å²) in [5.74, 6) is -0.476. The molecule has 1 aromatic rings. The van der Waals surface area contributed by atoms with E-state index in [2.05, 4.69) is 0 Å². The van der Waals surface area contributed by atoms with Crippen molar-refractivity contribution in [2.45, 2.75) is 39.3 Å². The molecule has 19 heavy (non-hydrogen) atoms. The third-order valence-electron chi connectivity index (χ3n) is 3.17. The zero-order valence-corrected chi connectivity index (χ0v) is 11.8. The van der Waals surface area contributed by atoms with Crippen LogP contribution in [-0.2, 0) is 4.74 Å². The van der Waals surface area contributed by atoms with Crippen molar-refractivity contribution in [3.05, 3.63) is 35.4 Å². The van der Waals surface area contributed by atoms with Crippen LogP contribution in [0, 0.1) is 0 Å². The van der Waals surface area contributed by atoms with Gasteiger partial charge in [-0.25, -0.2) is 0 Å². The van der Waals surface area contributed by atoms with E-state index >= 15 is 0 Å². The van der Waals surface area contributed by atoms with Gasteiger partial charge in [-0.1, -0.05) is 12.1 Å². The molecule has 2 amide bonds. The third-order valence-corrected chi connectivity index (χ3v) is 3.17. The first-order valence-corrected chi connectivity index (χ1v) is 6.44. The molecule has 0 fully saturated rings. The molecule has 0 saturated heterocycles. The molecule has 0 saturated carbocycles. The molecule has 0 unspecified atom stereocenters. The van der Waals surface area contributed by atoms with Gasteiger partial charge in [-0.15, -0.1) is 0 Å². The minimum atomic E-state index is -0.655. The van der Waals surface area contributed by atoms with Crippen molar-refractivity contribution in [3.63, 3.8) is 0 Å². The van der Waals surface area contributed by atoms with Crippen molar-refractivity contribution in [1.29, 1.82) is 0 Å². The maximum atomic E-state index is 12.3. The van der Waals surface area contributed by atoms with E-state index in [-0.39, 0.29) is 17.9 Å². The molecular formula is C15H19NO3. The van der Waals surface area contributed by atoms with Gasteiger partial charge in [-0.3, -0.25) is 14.5 Å². The second-order valence-electron chi connectivity index (χ2n) is 5.66. The predicted molar refractivity (Wildman–Crippen MR) is 72.1 cm³/mol. The number of nitrogens with zero attached hydrogens (tertiary/aromatic N) is 1. The maximum Gasteiger partial charge on any atom is 0.262 e. The molecule has 0 spiro atoms. The fourth-order valence-corrected chi connectivity index (χ4v) is 2.17. The molecule has 0 N–H and O–H groups in total. The fraction of sp³-hybridized carbons (Fsp3) is 0.467. The molecule has 4 nitrogen and oxygen atoms in total. The van der Waals surface area contributed by atoms with Crippen LogP contribution in [0.4, 0.5) is 0 Å². The van der Waals surface area contributed by atoms with Gasteiger partial charge in [-0.05, 0) is 39.8 Å². The van der Waals surface area contributed by atoms with E-state index < -0.39 is 5.54 Å². The number of benzene rings is 1. The molecular weight excluding hydrogens is 242 g/mol. The largest absolute Gasteiger partial charge is 0.376 e. The van der Waals surface area contributed by atoms with Gasteiger partial charge in [0.15, 0.2) is 0 Å². The van der Waals surface area contributed by atoms with E-state index in [4.69, 9.17) is 4.74 Å². The first-order chi connectivity index (χ1) is 8.84. The van der Waals surface area contributed by atoms with Crippen molar-refractivity contribution in [1.82, 2.24) is 4.90 Å². The first-order valence-electron chi connectivity index (χ1n) is 6.44. The molecule has 1 aliphatic rings. The van der Waals surface area contributed by atoms with Gasteiger partial charge in [-0.2, -0.15) is 0 Å². The second-order valence-corrected chi connectivity index (χ2v) is 5.66. The molecule has 1 aliphatic heterocycles. The first kappa shape index (κ1) is 13.7. The lowest BCUT2D eigenvalue weighted by Gasteiger charge is -2.34. The molecule has 0 aromatic heterocycles. The van der Waals surface area contributed by atoms with Crippen LogP contribution < -0.4 is 0 Å². The monoisotopic (exact) mass is 261 g/mol. The highest BCUT2D eigenvalue weighted by Crippen LogP contribution is 2.29. The quantitative estimate of drug-likeness (QED) is 0.782. The topological polar surface area (TPSA) is 46.6 Å². The lowest BCUT2D eigenvalue weighted by Crippen LogP contribution is -2.50. The molecule has 2 rings (SSSR count). The Hall–Kier alpha value is -1.68. The van der Waals surface area contributed by atoms with Gasteiger partial charge in [0.2, 0.25) is 0 Å². The van der Waals surface area contributed by atoms with Crippen molar-refractivity contribution in [2.75, 3.05) is 6.61 Å². The van der Waals surface area contributed by atoms with Gasteiger partial charge >= 0.3 is 0 Å². The van der Waals surface area contributed by atoms with Crippen LogP contribution in [0.1, 0.15) is 48.4 Å². The normalized spacial score (nSPS) is 15.3. The summed E-state index contributed by atoms with van der Waals surface area (Å²) in [4.78, 5) is 26.0. The van der Waals surface area contributed by atoms with Crippen LogP contribution in [0.3, 0.4) is 0 Å². The number of rotatable bonds is 4. The fourth-order valence-electron chi connectivity index (χ4n) is 2.17. The average molecular weight is 261 g/mol. The standard InChI is InChI=1S/C15H19NO3/c1-10(2)19-9-15(3,4)16-13(17)11-7-5-6-8-12(11)14(16)18/h5-8,10H,9H2,1-4H3. The summed E-state index contributed by atoms with van der Waals surface area (Å²) in [5.41, 5.74) is 0.299. The van der Waals surface area contributed by atoms with Gasteiger partial charge in [0.25, 0.3) is 11.8 Å². The van der Waals surface area contributed by atoms with Gasteiger partial charge in [0, 0.05) is 0 Å². The summed E-state index contributed by atoms with van der Waals surface area (Å²) in [7, 11) is 0. The summed E-state index contributed by atoms with van der Waals surface area (Å²) < 4.78 is 5.57. The van der Waals surface area contributed by atoms with E-state index in [0.717, 1.165) is 0 Å². The van der Waals surface area contributed by atoms with Crippen LogP contribution in [0.5, 0.6) is 0 Å². The molecule has 4 heteroatoms. The minimum absolute atomic E-state index is 0.0643. The second kappa shape index (κ2) is 4.78. The van der Waals surface area contributed by atoms with Crippen molar-refractivity contribution in [2.24, 2.45) is 0 Å². The molecule has 0 atom stereocenters. The van der Waals surface area contributed by atoms with Crippen LogP contribution in [0.25, 0.3) is 0 Å². The summed E-state index contributed by atoms with van der Waals surface area (Å²) >= 11 is 0. The SMILES string of the molecule is CC(C)OCC(C)(C)N1C(=O)c2ccccc2C1=O. The predicted octanol–water partition coefficient (Wildman–Crippen LogP) is 2.49. The van der Waals surface area contributed by atoms with E-state index in [1.54, 1.807) is 24.3 Å². The molecule has 102 valence electrons. The lowest BCUT2D eigenvalue weighted by atomic mass is 10.0. The summed E-state index contributed by atoms with van der Waals surface area (Å²) in [5, 5.41) is 0. The highest BCUT2D eigenvalue weighted by Gasteiger charge is 2.44. The number of hydrogen-bond donors (Lipinski definition) is 0. The van der Waals surface area contributed by atoms with Gasteiger partial charge < -0.3 is 4.74 Å². The number of amides is 2. The molecule has 0 radical (unpaired) electrons. The van der Waals surface area contributed by atoms with E-state index in [0.29, 0.717) is 17.7 Å².